The van der Waals surface area contributed by atoms with Crippen LogP contribution in [0.5, 0.6) is 0 Å². The summed E-state index contributed by atoms with van der Waals surface area (Å²) in [7, 11) is 0. The third kappa shape index (κ3) is 5.68. The third-order valence-electron chi connectivity index (χ3n) is 8.99. The molecule has 2 aromatic carbocycles. The maximum atomic E-state index is 12.8. The fourth-order valence-electron chi connectivity index (χ4n) is 6.48. The summed E-state index contributed by atoms with van der Waals surface area (Å²) in [5.74, 6) is 0.670. The molecular formula is C37H36N8O3. The van der Waals surface area contributed by atoms with Crippen LogP contribution >= 0.6 is 0 Å². The molecule has 3 aromatic heterocycles. The van der Waals surface area contributed by atoms with E-state index in [1.54, 1.807) is 19.2 Å². The van der Waals surface area contributed by atoms with E-state index in [1.165, 1.54) is 0 Å². The van der Waals surface area contributed by atoms with E-state index in [-0.39, 0.29) is 17.7 Å². The van der Waals surface area contributed by atoms with Gasteiger partial charge in [-0.2, -0.15) is 0 Å². The number of hydrogen-bond donors (Lipinski definition) is 3. The lowest BCUT2D eigenvalue weighted by Crippen LogP contribution is -2.37. The van der Waals surface area contributed by atoms with Crippen molar-refractivity contribution in [2.24, 2.45) is 0 Å². The molecule has 11 nitrogen and oxygen atoms in total. The Hall–Kier alpha value is -5.84. The van der Waals surface area contributed by atoms with Crippen molar-refractivity contribution in [3.05, 3.63) is 102 Å². The number of hydrogen-bond acceptors (Lipinski definition) is 7. The first-order valence-electron chi connectivity index (χ1n) is 16.2. The standard InChI is InChI=1S/C37H36N8O3/c1-4-33-43-35(32-21-44(23(3)46)16-17-45(32)33)27-10-5-8-24-18-31(41-20-28(24)27)25-12-13-30(40-19-25)36(47)39-15-7-14-38-29-11-6-9-26-22(2)42-37(48)34(26)29/h5-6,8-13,18-20,38H,2,4,7,14-17,21H2,1,3H3,(H,39,47)(H,42,48). The molecule has 0 unspecified atom stereocenters. The summed E-state index contributed by atoms with van der Waals surface area (Å²) >= 11 is 0. The molecule has 3 amide bonds. The zero-order valence-corrected chi connectivity index (χ0v) is 27.0. The lowest BCUT2D eigenvalue weighted by Gasteiger charge is -2.28. The number of anilines is 1. The van der Waals surface area contributed by atoms with Gasteiger partial charge in [0, 0.05) is 85.4 Å². The van der Waals surface area contributed by atoms with Crippen LogP contribution in [-0.2, 0) is 24.3 Å². The Morgan fingerprint density at radius 3 is 2.62 bits per heavy atom. The highest BCUT2D eigenvalue weighted by Crippen LogP contribution is 2.34. The Bertz CT molecular complexity index is 2100. The normalized spacial score (nSPS) is 13.7. The van der Waals surface area contributed by atoms with Crippen molar-refractivity contribution >= 4 is 39.9 Å². The predicted octanol–water partition coefficient (Wildman–Crippen LogP) is 5.03. The highest BCUT2D eigenvalue weighted by molar-refractivity contribution is 6.12. The van der Waals surface area contributed by atoms with Crippen LogP contribution in [0.25, 0.3) is 39.0 Å². The van der Waals surface area contributed by atoms with Crippen LogP contribution < -0.4 is 16.0 Å². The van der Waals surface area contributed by atoms with Crippen LogP contribution in [0.3, 0.4) is 0 Å². The van der Waals surface area contributed by atoms with Gasteiger partial charge in [-0.3, -0.25) is 24.4 Å². The second-order valence-electron chi connectivity index (χ2n) is 12.0. The van der Waals surface area contributed by atoms with Gasteiger partial charge in [-0.1, -0.05) is 43.8 Å². The lowest BCUT2D eigenvalue weighted by molar-refractivity contribution is -0.130. The minimum atomic E-state index is -0.257. The minimum Gasteiger partial charge on any atom is -0.384 e. The number of benzene rings is 2. The van der Waals surface area contributed by atoms with E-state index < -0.39 is 0 Å². The molecule has 0 bridgehead atoms. The number of pyridine rings is 2. The first kappa shape index (κ1) is 30.8. The number of imidazole rings is 1. The Kier molecular flexibility index (Phi) is 8.18. The zero-order valence-electron chi connectivity index (χ0n) is 27.0. The number of nitrogens with one attached hydrogen (secondary N) is 3. The summed E-state index contributed by atoms with van der Waals surface area (Å²) in [6, 6.07) is 17.3. The van der Waals surface area contributed by atoms with Gasteiger partial charge in [-0.05, 0) is 36.1 Å². The second kappa shape index (κ2) is 12.7. The van der Waals surface area contributed by atoms with Gasteiger partial charge in [0.05, 0.1) is 29.2 Å². The molecule has 0 saturated carbocycles. The van der Waals surface area contributed by atoms with Crippen LogP contribution in [0.4, 0.5) is 5.69 Å². The number of fused-ring (bicyclic) bond motifs is 3. The van der Waals surface area contributed by atoms with E-state index >= 15 is 0 Å². The number of rotatable bonds is 9. The molecule has 48 heavy (non-hydrogen) atoms. The number of carbonyl (C=O) groups excluding carboxylic acids is 3. The fraction of sp³-hybridized carbons (Fsp3) is 0.243. The van der Waals surface area contributed by atoms with Gasteiger partial charge in [0.2, 0.25) is 5.91 Å². The van der Waals surface area contributed by atoms with Crippen molar-refractivity contribution in [3.63, 3.8) is 0 Å². The fourth-order valence-corrected chi connectivity index (χ4v) is 6.48. The Labute approximate surface area is 278 Å². The van der Waals surface area contributed by atoms with E-state index in [1.807, 2.05) is 47.5 Å². The van der Waals surface area contributed by atoms with Crippen molar-refractivity contribution in [1.29, 1.82) is 0 Å². The minimum absolute atomic E-state index is 0.0662. The molecule has 0 saturated heterocycles. The van der Waals surface area contributed by atoms with Crippen molar-refractivity contribution in [1.82, 2.24) is 35.1 Å². The van der Waals surface area contributed by atoms with Gasteiger partial charge >= 0.3 is 0 Å². The van der Waals surface area contributed by atoms with Crippen LogP contribution in [0.2, 0.25) is 0 Å². The van der Waals surface area contributed by atoms with Crippen LogP contribution in [0.1, 0.15) is 58.2 Å². The van der Waals surface area contributed by atoms with Gasteiger partial charge in [0.15, 0.2) is 0 Å². The molecule has 5 aromatic rings. The molecular weight excluding hydrogens is 604 g/mol. The van der Waals surface area contributed by atoms with E-state index in [0.717, 1.165) is 69.0 Å². The average Bonchev–Trinajstić information content (AvgIpc) is 3.63. The van der Waals surface area contributed by atoms with Crippen molar-refractivity contribution in [2.45, 2.75) is 39.8 Å². The summed E-state index contributed by atoms with van der Waals surface area (Å²) in [5, 5.41) is 10.9. The smallest absolute Gasteiger partial charge is 0.269 e. The van der Waals surface area contributed by atoms with Crippen LogP contribution in [-0.4, -0.2) is 61.8 Å². The molecule has 0 atom stereocenters. The molecule has 11 heteroatoms. The molecule has 2 aliphatic heterocycles. The monoisotopic (exact) mass is 640 g/mol. The predicted molar refractivity (Wildman–Crippen MR) is 185 cm³/mol. The van der Waals surface area contributed by atoms with Crippen LogP contribution in [0, 0.1) is 0 Å². The summed E-state index contributed by atoms with van der Waals surface area (Å²) < 4.78 is 2.25. The molecule has 3 N–H and O–H groups in total. The number of amides is 3. The molecule has 7 rings (SSSR count). The number of aryl methyl sites for hydroxylation is 1. The zero-order chi connectivity index (χ0) is 33.4. The van der Waals surface area contributed by atoms with Gasteiger partial charge in [0.25, 0.3) is 11.8 Å². The quantitative estimate of drug-likeness (QED) is 0.193. The summed E-state index contributed by atoms with van der Waals surface area (Å²) in [6.45, 7) is 10.6. The number of carbonyl (C=O) groups is 3. The molecule has 0 radical (unpaired) electrons. The van der Waals surface area contributed by atoms with Gasteiger partial charge in [0.1, 0.15) is 11.5 Å². The van der Waals surface area contributed by atoms with Gasteiger partial charge < -0.3 is 25.4 Å². The summed E-state index contributed by atoms with van der Waals surface area (Å²) in [5.41, 5.74) is 7.57. The van der Waals surface area contributed by atoms with E-state index in [4.69, 9.17) is 9.97 Å². The number of nitrogens with zero attached hydrogens (tertiary/aromatic N) is 5. The first-order chi connectivity index (χ1) is 23.3. The molecule has 5 heterocycles. The van der Waals surface area contributed by atoms with Gasteiger partial charge in [-0.15, -0.1) is 0 Å². The Balaban J connectivity index is 1.01. The Morgan fingerprint density at radius 1 is 1.00 bits per heavy atom. The van der Waals surface area contributed by atoms with Gasteiger partial charge in [-0.25, -0.2) is 4.98 Å². The first-order valence-corrected chi connectivity index (χ1v) is 16.2. The topological polar surface area (TPSA) is 134 Å². The molecule has 0 spiro atoms. The SMILES string of the molecule is C=C1NC(=O)c2c(NCCCNC(=O)c3ccc(-c4cc5cccc(-c6nc(CC)n7c6CN(C(C)=O)CC7)c5cn4)cn3)cccc21. The maximum Gasteiger partial charge on any atom is 0.269 e. The van der Waals surface area contributed by atoms with Crippen LogP contribution in [0.15, 0.2) is 73.6 Å². The number of aromatic nitrogens is 4. The van der Waals surface area contributed by atoms with Crippen molar-refractivity contribution < 1.29 is 14.4 Å². The lowest BCUT2D eigenvalue weighted by atomic mass is 10.0. The Morgan fingerprint density at radius 2 is 1.83 bits per heavy atom. The average molecular weight is 641 g/mol. The third-order valence-corrected chi connectivity index (χ3v) is 8.99. The van der Waals surface area contributed by atoms with Crippen molar-refractivity contribution in [2.75, 3.05) is 25.0 Å². The maximum absolute atomic E-state index is 12.8. The summed E-state index contributed by atoms with van der Waals surface area (Å²) in [6.07, 6.45) is 5.01. The second-order valence-corrected chi connectivity index (χ2v) is 12.0. The van der Waals surface area contributed by atoms with E-state index in [2.05, 4.69) is 51.1 Å². The molecule has 242 valence electrons. The van der Waals surface area contributed by atoms with Crippen molar-refractivity contribution in [3.8, 4) is 22.5 Å². The molecule has 2 aliphatic rings. The van der Waals surface area contributed by atoms with E-state index in [9.17, 15) is 14.4 Å². The highest BCUT2D eigenvalue weighted by Gasteiger charge is 2.27. The highest BCUT2D eigenvalue weighted by atomic mass is 16.2. The van der Waals surface area contributed by atoms with E-state index in [0.29, 0.717) is 49.6 Å². The molecule has 0 fully saturated rings. The largest absolute Gasteiger partial charge is 0.384 e. The molecule has 0 aliphatic carbocycles. The summed E-state index contributed by atoms with van der Waals surface area (Å²) in [4.78, 5) is 53.3.